The lowest BCUT2D eigenvalue weighted by atomic mass is 10.0. The van der Waals surface area contributed by atoms with Crippen molar-refractivity contribution in [1.29, 1.82) is 0 Å². The number of aliphatic hydroxyl groups is 4. The third-order valence-electron chi connectivity index (χ3n) is 1.80. The molecular weight excluding hydrogens is 220 g/mol. The predicted octanol–water partition coefficient (Wildman–Crippen LogP) is -2.64. The number of aldehydes is 1. The summed E-state index contributed by atoms with van der Waals surface area (Å²) in [6.07, 6.45) is -6.23. The van der Waals surface area contributed by atoms with Crippen molar-refractivity contribution in [2.24, 2.45) is 0 Å². The van der Waals surface area contributed by atoms with E-state index in [1.165, 1.54) is 0 Å². The summed E-state index contributed by atoms with van der Waals surface area (Å²) in [4.78, 5) is 20.7. The maximum absolute atomic E-state index is 10.6. The number of carbonyl (C=O) groups is 2. The lowest BCUT2D eigenvalue weighted by Gasteiger charge is -2.23. The van der Waals surface area contributed by atoms with Crippen LogP contribution in [0.3, 0.4) is 0 Å². The molecule has 7 heteroatoms. The molecule has 0 heterocycles. The third-order valence-corrected chi connectivity index (χ3v) is 1.80. The van der Waals surface area contributed by atoms with Crippen LogP contribution in [0.5, 0.6) is 0 Å². The van der Waals surface area contributed by atoms with E-state index >= 15 is 0 Å². The standard InChI is InChI=1S/C9H14O7/c1-2-7(13)16-4-6(12)9(15)8(14)5(11)3-10/h2-3,5-6,8-9,11-12,14-15H,1,4H2/t5-,6+,8-,9+/m0/s1. The Hall–Kier alpha value is -1.28. The molecule has 0 radical (unpaired) electrons. The molecule has 0 rings (SSSR count). The van der Waals surface area contributed by atoms with Gasteiger partial charge in [-0.2, -0.15) is 0 Å². The fourth-order valence-corrected chi connectivity index (χ4v) is 0.835. The molecule has 4 atom stereocenters. The Morgan fingerprint density at radius 1 is 1.25 bits per heavy atom. The van der Waals surface area contributed by atoms with Gasteiger partial charge in [-0.1, -0.05) is 6.58 Å². The second-order valence-electron chi connectivity index (χ2n) is 3.01. The SMILES string of the molecule is C=CC(=O)OC[C@@H](O)[C@@H](O)[C@@H](O)[C@@H](O)C=O. The van der Waals surface area contributed by atoms with Gasteiger partial charge >= 0.3 is 5.97 Å². The second-order valence-corrected chi connectivity index (χ2v) is 3.01. The fourth-order valence-electron chi connectivity index (χ4n) is 0.835. The van der Waals surface area contributed by atoms with Gasteiger partial charge in [0.05, 0.1) is 0 Å². The first kappa shape index (κ1) is 14.7. The fraction of sp³-hybridized carbons (Fsp3) is 0.556. The van der Waals surface area contributed by atoms with Crippen LogP contribution in [0.4, 0.5) is 0 Å². The van der Waals surface area contributed by atoms with Gasteiger partial charge in [0.2, 0.25) is 0 Å². The van der Waals surface area contributed by atoms with Crippen LogP contribution >= 0.6 is 0 Å². The predicted molar refractivity (Wildman–Crippen MR) is 51.2 cm³/mol. The number of aliphatic hydroxyl groups excluding tert-OH is 4. The minimum absolute atomic E-state index is 0.0103. The van der Waals surface area contributed by atoms with Gasteiger partial charge in [-0.15, -0.1) is 0 Å². The lowest BCUT2D eigenvalue weighted by Crippen LogP contribution is -2.46. The monoisotopic (exact) mass is 234 g/mol. The van der Waals surface area contributed by atoms with Gasteiger partial charge in [0.1, 0.15) is 31.0 Å². The topological polar surface area (TPSA) is 124 Å². The Bertz CT molecular complexity index is 252. The highest BCUT2D eigenvalue weighted by Crippen LogP contribution is 2.04. The van der Waals surface area contributed by atoms with Crippen molar-refractivity contribution in [2.45, 2.75) is 24.4 Å². The van der Waals surface area contributed by atoms with Gasteiger partial charge in [-0.25, -0.2) is 4.79 Å². The zero-order valence-corrected chi connectivity index (χ0v) is 8.39. The molecular formula is C9H14O7. The molecule has 0 unspecified atom stereocenters. The quantitative estimate of drug-likeness (QED) is 0.215. The average molecular weight is 234 g/mol. The summed E-state index contributed by atoms with van der Waals surface area (Å²) in [5.41, 5.74) is 0. The molecule has 0 aliphatic carbocycles. The Kier molecular flexibility index (Phi) is 6.50. The molecule has 0 aromatic rings. The minimum atomic E-state index is -1.85. The van der Waals surface area contributed by atoms with Crippen molar-refractivity contribution in [3.63, 3.8) is 0 Å². The van der Waals surface area contributed by atoms with Crippen molar-refractivity contribution >= 4 is 12.3 Å². The number of hydrogen-bond acceptors (Lipinski definition) is 7. The van der Waals surface area contributed by atoms with E-state index in [1.807, 2.05) is 0 Å². The molecule has 0 aliphatic rings. The molecule has 0 fully saturated rings. The maximum atomic E-state index is 10.6. The van der Waals surface area contributed by atoms with E-state index < -0.39 is 37.0 Å². The van der Waals surface area contributed by atoms with E-state index in [2.05, 4.69) is 11.3 Å². The van der Waals surface area contributed by atoms with Crippen molar-refractivity contribution in [2.75, 3.05) is 6.61 Å². The normalized spacial score (nSPS) is 18.0. The Morgan fingerprint density at radius 2 is 1.81 bits per heavy atom. The van der Waals surface area contributed by atoms with Crippen LogP contribution in [0.15, 0.2) is 12.7 Å². The summed E-state index contributed by atoms with van der Waals surface area (Å²) in [5.74, 6) is -0.809. The van der Waals surface area contributed by atoms with Gasteiger partial charge in [-0.05, 0) is 0 Å². The van der Waals surface area contributed by atoms with Crippen molar-refractivity contribution < 1.29 is 34.8 Å². The Morgan fingerprint density at radius 3 is 2.25 bits per heavy atom. The summed E-state index contributed by atoms with van der Waals surface area (Å²) < 4.78 is 4.39. The molecule has 7 nitrogen and oxygen atoms in total. The summed E-state index contributed by atoms with van der Waals surface area (Å²) in [6.45, 7) is 2.52. The van der Waals surface area contributed by atoms with Crippen LogP contribution in [0.2, 0.25) is 0 Å². The van der Waals surface area contributed by atoms with Crippen LogP contribution < -0.4 is 0 Å². The molecule has 4 N–H and O–H groups in total. The van der Waals surface area contributed by atoms with E-state index in [0.717, 1.165) is 6.08 Å². The smallest absolute Gasteiger partial charge is 0.330 e. The van der Waals surface area contributed by atoms with Gasteiger partial charge in [0.25, 0.3) is 0 Å². The maximum Gasteiger partial charge on any atom is 0.330 e. The summed E-state index contributed by atoms with van der Waals surface area (Å²) >= 11 is 0. The number of rotatable bonds is 7. The van der Waals surface area contributed by atoms with Gasteiger partial charge in [0, 0.05) is 6.08 Å². The third kappa shape index (κ3) is 4.49. The van der Waals surface area contributed by atoms with E-state index in [4.69, 9.17) is 10.2 Å². The zero-order chi connectivity index (χ0) is 12.7. The number of ether oxygens (including phenoxy) is 1. The van der Waals surface area contributed by atoms with Crippen LogP contribution in [0.25, 0.3) is 0 Å². The van der Waals surface area contributed by atoms with E-state index in [-0.39, 0.29) is 6.29 Å². The van der Waals surface area contributed by atoms with E-state index in [1.54, 1.807) is 0 Å². The minimum Gasteiger partial charge on any atom is -0.460 e. The van der Waals surface area contributed by atoms with Crippen LogP contribution in [0.1, 0.15) is 0 Å². The van der Waals surface area contributed by atoms with Gasteiger partial charge < -0.3 is 30.0 Å². The molecule has 0 saturated heterocycles. The molecule has 0 amide bonds. The summed E-state index contributed by atoms with van der Waals surface area (Å²) in [5, 5.41) is 36.4. The van der Waals surface area contributed by atoms with Gasteiger partial charge in [0.15, 0.2) is 6.29 Å². The molecule has 0 spiro atoms. The first-order valence-corrected chi connectivity index (χ1v) is 4.40. The van der Waals surface area contributed by atoms with E-state index in [9.17, 15) is 19.8 Å². The number of hydrogen-bond donors (Lipinski definition) is 4. The first-order valence-electron chi connectivity index (χ1n) is 4.40. The van der Waals surface area contributed by atoms with E-state index in [0.29, 0.717) is 0 Å². The molecule has 0 aliphatic heterocycles. The summed E-state index contributed by atoms with van der Waals surface area (Å²) in [6, 6.07) is 0. The van der Waals surface area contributed by atoms with Crippen LogP contribution in [-0.2, 0) is 14.3 Å². The lowest BCUT2D eigenvalue weighted by molar-refractivity contribution is -0.151. The Labute approximate surface area is 91.6 Å². The first-order chi connectivity index (χ1) is 7.43. The van der Waals surface area contributed by atoms with Crippen LogP contribution in [0, 0.1) is 0 Å². The number of esters is 1. The highest BCUT2D eigenvalue weighted by molar-refractivity contribution is 5.81. The molecule has 92 valence electrons. The largest absolute Gasteiger partial charge is 0.460 e. The van der Waals surface area contributed by atoms with Crippen molar-refractivity contribution in [3.8, 4) is 0 Å². The molecule has 0 saturated carbocycles. The summed E-state index contributed by atoms with van der Waals surface area (Å²) in [7, 11) is 0. The highest BCUT2D eigenvalue weighted by atomic mass is 16.5. The van der Waals surface area contributed by atoms with Crippen molar-refractivity contribution in [3.05, 3.63) is 12.7 Å². The molecule has 0 aromatic carbocycles. The molecule has 0 bridgehead atoms. The number of carbonyl (C=O) groups excluding carboxylic acids is 2. The molecule has 0 aromatic heterocycles. The Balaban J connectivity index is 4.16. The van der Waals surface area contributed by atoms with Gasteiger partial charge in [-0.3, -0.25) is 0 Å². The highest BCUT2D eigenvalue weighted by Gasteiger charge is 2.30. The molecule has 16 heavy (non-hydrogen) atoms. The second kappa shape index (κ2) is 7.07. The van der Waals surface area contributed by atoms with Crippen molar-refractivity contribution in [1.82, 2.24) is 0 Å². The average Bonchev–Trinajstić information content (AvgIpc) is 2.32. The van der Waals surface area contributed by atoms with Crippen LogP contribution in [-0.4, -0.2) is 63.7 Å². The zero-order valence-electron chi connectivity index (χ0n) is 8.39.